The first-order chi connectivity index (χ1) is 19.2. The van der Waals surface area contributed by atoms with E-state index in [9.17, 15) is 0 Å². The summed E-state index contributed by atoms with van der Waals surface area (Å²) in [6.45, 7) is 2.27. The van der Waals surface area contributed by atoms with Crippen molar-refractivity contribution in [2.45, 2.75) is 35.2 Å². The zero-order chi connectivity index (χ0) is 26.0. The number of allylic oxidation sites excluding steroid dienone is 4. The molecule has 1 atom stereocenters. The summed E-state index contributed by atoms with van der Waals surface area (Å²) in [5, 5.41) is 1.26. The Bertz CT molecular complexity index is 1810. The third kappa shape index (κ3) is 3.43. The Morgan fingerprint density at radius 1 is 0.692 bits per heavy atom. The highest BCUT2D eigenvalue weighted by molar-refractivity contribution is 7.99. The van der Waals surface area contributed by atoms with E-state index in [0.717, 1.165) is 12.8 Å². The average Bonchev–Trinajstić information content (AvgIpc) is 3.59. The summed E-state index contributed by atoms with van der Waals surface area (Å²) in [4.78, 5) is 5.20. The van der Waals surface area contributed by atoms with Gasteiger partial charge in [-0.3, -0.25) is 0 Å². The van der Waals surface area contributed by atoms with Crippen molar-refractivity contribution in [1.82, 2.24) is 4.57 Å². The molecule has 0 radical (unpaired) electrons. The van der Waals surface area contributed by atoms with E-state index in [1.54, 1.807) is 0 Å². The molecule has 1 aliphatic heterocycles. The molecular weight excluding hydrogens is 492 g/mol. The van der Waals surface area contributed by atoms with Gasteiger partial charge in [0.25, 0.3) is 0 Å². The summed E-state index contributed by atoms with van der Waals surface area (Å²) >= 11 is 1.87. The minimum atomic E-state index is -0.485. The topological polar surface area (TPSA) is 8.17 Å². The summed E-state index contributed by atoms with van der Waals surface area (Å²) in [6, 6.07) is 39.9. The minimum Gasteiger partial charge on any atom is -0.320 e. The largest absolute Gasteiger partial charge is 0.320 e. The van der Waals surface area contributed by atoms with E-state index in [0.29, 0.717) is 0 Å². The van der Waals surface area contributed by atoms with Crippen LogP contribution in [0.15, 0.2) is 154 Å². The van der Waals surface area contributed by atoms with E-state index >= 15 is 0 Å². The predicted octanol–water partition coefficient (Wildman–Crippen LogP) is 9.73. The number of nitrogens with zero attached hydrogens (tertiary/aromatic N) is 2. The van der Waals surface area contributed by atoms with Crippen LogP contribution >= 0.6 is 11.8 Å². The second-order valence-electron chi connectivity index (χ2n) is 10.8. The van der Waals surface area contributed by atoms with Crippen molar-refractivity contribution < 1.29 is 0 Å². The zero-order valence-corrected chi connectivity index (χ0v) is 22.7. The van der Waals surface area contributed by atoms with Gasteiger partial charge in [0.1, 0.15) is 5.66 Å². The number of anilines is 2. The number of hydrogen-bond acceptors (Lipinski definition) is 2. The maximum atomic E-state index is 2.62. The van der Waals surface area contributed by atoms with Gasteiger partial charge in [-0.15, -0.1) is 0 Å². The fourth-order valence-corrected chi connectivity index (χ4v) is 7.78. The van der Waals surface area contributed by atoms with Crippen LogP contribution in [0.5, 0.6) is 0 Å². The number of benzene rings is 4. The molecule has 0 fully saturated rings. The Kier molecular flexibility index (Phi) is 5.05. The first-order valence-electron chi connectivity index (χ1n) is 13.6. The molecule has 0 amide bonds. The van der Waals surface area contributed by atoms with Crippen molar-refractivity contribution in [3.05, 3.63) is 150 Å². The minimum absolute atomic E-state index is 0.485. The Balaban J connectivity index is 1.48. The van der Waals surface area contributed by atoms with Crippen molar-refractivity contribution in [2.24, 2.45) is 0 Å². The molecule has 0 saturated carbocycles. The van der Waals surface area contributed by atoms with Crippen molar-refractivity contribution in [3.8, 4) is 0 Å². The molecule has 3 heteroatoms. The van der Waals surface area contributed by atoms with E-state index in [1.165, 1.54) is 59.9 Å². The molecule has 2 aliphatic carbocycles. The maximum Gasteiger partial charge on any atom is 0.145 e. The van der Waals surface area contributed by atoms with Crippen molar-refractivity contribution >= 4 is 39.6 Å². The molecule has 2 nitrogen and oxygen atoms in total. The zero-order valence-electron chi connectivity index (χ0n) is 21.8. The number of hydrogen-bond donors (Lipinski definition) is 0. The lowest BCUT2D eigenvalue weighted by Crippen LogP contribution is -2.49. The van der Waals surface area contributed by atoms with Gasteiger partial charge in [-0.2, -0.15) is 0 Å². The molecule has 39 heavy (non-hydrogen) atoms. The molecule has 0 N–H and O–H groups in total. The molecule has 2 heterocycles. The molecule has 0 saturated heterocycles. The Hall–Kier alpha value is -4.21. The smallest absolute Gasteiger partial charge is 0.145 e. The van der Waals surface area contributed by atoms with Gasteiger partial charge in [0.2, 0.25) is 0 Å². The lowest BCUT2D eigenvalue weighted by molar-refractivity contribution is 0.390. The molecule has 1 aromatic heterocycles. The lowest BCUT2D eigenvalue weighted by Gasteiger charge is -2.50. The number of para-hydroxylation sites is 3. The molecule has 3 aliphatic rings. The van der Waals surface area contributed by atoms with Crippen LogP contribution in [-0.2, 0) is 5.66 Å². The van der Waals surface area contributed by atoms with Gasteiger partial charge < -0.3 is 9.47 Å². The normalized spacial score (nSPS) is 19.9. The summed E-state index contributed by atoms with van der Waals surface area (Å²) in [6.07, 6.45) is 9.15. The molecule has 188 valence electrons. The van der Waals surface area contributed by atoms with E-state index in [4.69, 9.17) is 0 Å². The van der Waals surface area contributed by atoms with E-state index in [2.05, 4.69) is 144 Å². The molecule has 4 aromatic carbocycles. The van der Waals surface area contributed by atoms with Gasteiger partial charge in [-0.1, -0.05) is 96.2 Å². The van der Waals surface area contributed by atoms with Gasteiger partial charge in [0.05, 0.1) is 16.9 Å². The predicted molar refractivity (Wildman–Crippen MR) is 163 cm³/mol. The quantitative estimate of drug-likeness (QED) is 0.234. The summed E-state index contributed by atoms with van der Waals surface area (Å²) in [5.74, 6) is 0. The van der Waals surface area contributed by atoms with Crippen LogP contribution in [0.4, 0.5) is 11.4 Å². The van der Waals surface area contributed by atoms with Crippen LogP contribution < -0.4 is 4.90 Å². The first kappa shape index (κ1) is 22.7. The summed E-state index contributed by atoms with van der Waals surface area (Å²) < 4.78 is 2.53. The Morgan fingerprint density at radius 3 is 2.13 bits per heavy atom. The Labute approximate surface area is 233 Å². The molecule has 0 spiro atoms. The third-order valence-electron chi connectivity index (χ3n) is 8.35. The second kappa shape index (κ2) is 8.65. The van der Waals surface area contributed by atoms with Crippen molar-refractivity contribution in [3.63, 3.8) is 0 Å². The highest BCUT2D eigenvalue weighted by atomic mass is 32.2. The highest BCUT2D eigenvalue weighted by Crippen LogP contribution is 2.57. The van der Waals surface area contributed by atoms with Gasteiger partial charge in [-0.05, 0) is 83.5 Å². The van der Waals surface area contributed by atoms with Crippen molar-refractivity contribution in [1.29, 1.82) is 0 Å². The van der Waals surface area contributed by atoms with E-state index in [1.807, 2.05) is 11.8 Å². The van der Waals surface area contributed by atoms with Crippen LogP contribution in [0.25, 0.3) is 16.5 Å². The Morgan fingerprint density at radius 2 is 1.36 bits per heavy atom. The monoisotopic (exact) mass is 520 g/mol. The van der Waals surface area contributed by atoms with Crippen LogP contribution in [0, 0.1) is 0 Å². The molecule has 0 bridgehead atoms. The maximum absolute atomic E-state index is 2.62. The fourth-order valence-electron chi connectivity index (χ4n) is 6.73. The lowest BCUT2D eigenvalue weighted by atomic mass is 9.80. The second-order valence-corrected chi connectivity index (χ2v) is 11.8. The van der Waals surface area contributed by atoms with Crippen LogP contribution in [0.3, 0.4) is 0 Å². The SMILES string of the molecule is CC1=CC2=CC(N3c4ccccc4Sc4ccccc43)(n3ccc4ccccc43)CC(c3ccccc3)=C2C1. The summed E-state index contributed by atoms with van der Waals surface area (Å²) in [5.41, 5.74) is 10.3. The first-order valence-corrected chi connectivity index (χ1v) is 14.4. The number of fused-ring (bicyclic) bond motifs is 4. The van der Waals surface area contributed by atoms with Gasteiger partial charge in [0, 0.05) is 22.4 Å². The summed E-state index contributed by atoms with van der Waals surface area (Å²) in [7, 11) is 0. The van der Waals surface area contributed by atoms with E-state index in [-0.39, 0.29) is 0 Å². The number of rotatable bonds is 3. The molecule has 5 aromatic rings. The van der Waals surface area contributed by atoms with Crippen LogP contribution in [-0.4, -0.2) is 4.57 Å². The van der Waals surface area contributed by atoms with Crippen LogP contribution in [0.1, 0.15) is 25.3 Å². The standard InChI is InChI=1S/C36H28N2S/c1-25-21-28-23-36(37-20-19-27-13-5-6-14-31(27)37,24-30(29(28)22-25)26-11-3-2-4-12-26)38-32-15-7-9-17-34(32)39-35-18-10-8-16-33(35)38/h2-21,23H,22,24H2,1H3. The highest BCUT2D eigenvalue weighted by Gasteiger charge is 2.46. The molecule has 1 unspecified atom stereocenters. The molecular formula is C36H28N2S. The van der Waals surface area contributed by atoms with Crippen molar-refractivity contribution in [2.75, 3.05) is 4.90 Å². The van der Waals surface area contributed by atoms with E-state index < -0.39 is 5.66 Å². The van der Waals surface area contributed by atoms with Gasteiger partial charge >= 0.3 is 0 Å². The van der Waals surface area contributed by atoms with Crippen LogP contribution in [0.2, 0.25) is 0 Å². The number of aromatic nitrogens is 1. The fraction of sp³-hybridized carbons (Fsp3) is 0.111. The van der Waals surface area contributed by atoms with Gasteiger partial charge in [0.15, 0.2) is 0 Å². The third-order valence-corrected chi connectivity index (χ3v) is 9.48. The molecule has 8 rings (SSSR count). The van der Waals surface area contributed by atoms with Gasteiger partial charge in [-0.25, -0.2) is 0 Å². The average molecular weight is 521 g/mol.